The molecule has 2 rings (SSSR count). The van der Waals surface area contributed by atoms with E-state index in [0.29, 0.717) is 8.65 Å². The van der Waals surface area contributed by atoms with Crippen LogP contribution in [-0.4, -0.2) is 18.0 Å². The lowest BCUT2D eigenvalue weighted by molar-refractivity contribution is 0.483. The molecule has 0 saturated carbocycles. The number of aromatic nitrogens is 1. The first-order valence-corrected chi connectivity index (χ1v) is 6.24. The summed E-state index contributed by atoms with van der Waals surface area (Å²) in [7, 11) is -4.13. The summed E-state index contributed by atoms with van der Waals surface area (Å²) in [5.74, 6) is 0. The van der Waals surface area contributed by atoms with Gasteiger partial charge < -0.3 is 4.98 Å². The van der Waals surface area contributed by atoms with E-state index in [1.165, 1.54) is 23.5 Å². The molecule has 2 N–H and O–H groups in total. The van der Waals surface area contributed by atoms with E-state index >= 15 is 0 Å². The van der Waals surface area contributed by atoms with Gasteiger partial charge >= 0.3 is 0 Å². The minimum absolute atomic E-state index is 0.116. The quantitative estimate of drug-likeness (QED) is 0.598. The van der Waals surface area contributed by atoms with E-state index in [2.05, 4.69) is 4.98 Å². The van der Waals surface area contributed by atoms with Gasteiger partial charge in [0.2, 0.25) is 0 Å². The van der Waals surface area contributed by atoms with Crippen LogP contribution in [0.1, 0.15) is 0 Å². The molecule has 0 aliphatic rings. The molecule has 0 amide bonds. The highest BCUT2D eigenvalue weighted by atomic mass is 32.2. The molecule has 74 valence electrons. The molecule has 7 heteroatoms. The molecule has 0 saturated heterocycles. The number of rotatable bonds is 1. The zero-order chi connectivity index (χ0) is 10.3. The molecule has 0 fully saturated rings. The summed E-state index contributed by atoms with van der Waals surface area (Å²) >= 11 is 6.17. The Morgan fingerprint density at radius 3 is 2.79 bits per heavy atom. The van der Waals surface area contributed by atoms with Crippen molar-refractivity contribution < 1.29 is 13.0 Å². The fourth-order valence-corrected chi connectivity index (χ4v) is 2.82. The summed E-state index contributed by atoms with van der Waals surface area (Å²) in [6.07, 6.45) is 0. The largest absolute Gasteiger partial charge is 0.337 e. The zero-order valence-corrected chi connectivity index (χ0v) is 9.17. The molecule has 0 aliphatic carbocycles. The highest BCUT2D eigenvalue weighted by Gasteiger charge is 2.10. The first-order chi connectivity index (χ1) is 6.47. The minimum Gasteiger partial charge on any atom is -0.337 e. The second kappa shape index (κ2) is 3.13. The molecule has 1 heterocycles. The number of benzene rings is 1. The van der Waals surface area contributed by atoms with Crippen LogP contribution in [0.3, 0.4) is 0 Å². The predicted molar refractivity (Wildman–Crippen MR) is 56.8 cm³/mol. The van der Waals surface area contributed by atoms with Crippen molar-refractivity contribution in [2.75, 3.05) is 0 Å². The summed E-state index contributed by atoms with van der Waals surface area (Å²) in [5, 5.41) is 0. The van der Waals surface area contributed by atoms with Crippen molar-refractivity contribution >= 4 is 43.9 Å². The van der Waals surface area contributed by atoms with Crippen molar-refractivity contribution in [3.8, 4) is 0 Å². The van der Waals surface area contributed by atoms with Crippen LogP contribution in [0.2, 0.25) is 0 Å². The molecule has 0 atom stereocenters. The molecule has 1 aromatic heterocycles. The van der Waals surface area contributed by atoms with Gasteiger partial charge in [-0.25, -0.2) is 0 Å². The molecule has 0 unspecified atom stereocenters. The first-order valence-electron chi connectivity index (χ1n) is 3.57. The van der Waals surface area contributed by atoms with E-state index in [4.69, 9.17) is 16.8 Å². The number of aromatic amines is 1. The van der Waals surface area contributed by atoms with Crippen molar-refractivity contribution in [2.24, 2.45) is 0 Å². The normalized spacial score (nSPS) is 12.1. The van der Waals surface area contributed by atoms with Crippen molar-refractivity contribution in [1.82, 2.24) is 4.98 Å². The first kappa shape index (κ1) is 9.78. The summed E-state index contributed by atoms with van der Waals surface area (Å²) in [5.41, 5.74) is 0.771. The highest BCUT2D eigenvalue weighted by Crippen LogP contribution is 2.22. The molecule has 0 aliphatic heterocycles. The lowest BCUT2D eigenvalue weighted by Gasteiger charge is -1.95. The molecule has 2 aromatic rings. The Balaban J connectivity index is 2.80. The Morgan fingerprint density at radius 2 is 2.14 bits per heavy atom. The average molecular weight is 247 g/mol. The standard InChI is InChI=1S/C7H5NO3S3/c9-14(10,11)4-1-2-5-6(3-4)13-7(12)8-5/h1-3H,(H,8,12)(H,9,10,11). The Hall–Kier alpha value is -0.760. The third-order valence-electron chi connectivity index (χ3n) is 1.69. The maximum Gasteiger partial charge on any atom is 0.294 e. The van der Waals surface area contributed by atoms with E-state index in [1.807, 2.05) is 0 Å². The van der Waals surface area contributed by atoms with Crippen LogP contribution in [0.15, 0.2) is 23.1 Å². The van der Waals surface area contributed by atoms with Crippen LogP contribution >= 0.6 is 23.6 Å². The van der Waals surface area contributed by atoms with Gasteiger partial charge in [-0.15, -0.1) is 11.3 Å². The number of fused-ring (bicyclic) bond motifs is 1. The monoisotopic (exact) mass is 247 g/mol. The van der Waals surface area contributed by atoms with Crippen LogP contribution in [0.5, 0.6) is 0 Å². The number of hydrogen-bond donors (Lipinski definition) is 2. The summed E-state index contributed by atoms with van der Waals surface area (Å²) < 4.78 is 31.7. The van der Waals surface area contributed by atoms with E-state index in [-0.39, 0.29) is 4.90 Å². The number of thiazole rings is 1. The van der Waals surface area contributed by atoms with Gasteiger partial charge in [-0.05, 0) is 30.4 Å². The number of hydrogen-bond acceptors (Lipinski definition) is 4. The smallest absolute Gasteiger partial charge is 0.294 e. The molecular formula is C7H5NO3S3. The molecule has 0 spiro atoms. The fraction of sp³-hybridized carbons (Fsp3) is 0. The SMILES string of the molecule is O=S(=O)(O)c1ccc2[nH]c(=S)sc2c1. The van der Waals surface area contributed by atoms with Gasteiger partial charge in [0.25, 0.3) is 10.1 Å². The number of H-pyrrole nitrogens is 1. The highest BCUT2D eigenvalue weighted by molar-refractivity contribution is 7.85. The average Bonchev–Trinajstić information content (AvgIpc) is 2.41. The second-order valence-electron chi connectivity index (χ2n) is 2.65. The van der Waals surface area contributed by atoms with Crippen LogP contribution in [-0.2, 0) is 10.1 Å². The minimum atomic E-state index is -4.13. The maximum absolute atomic E-state index is 10.8. The van der Waals surface area contributed by atoms with Crippen LogP contribution in [0.4, 0.5) is 0 Å². The third-order valence-corrected chi connectivity index (χ3v) is 3.74. The maximum atomic E-state index is 10.8. The Bertz CT molecular complexity index is 637. The predicted octanol–water partition coefficient (Wildman–Crippen LogP) is 2.21. The fourth-order valence-electron chi connectivity index (χ4n) is 1.09. The van der Waals surface area contributed by atoms with Crippen LogP contribution in [0.25, 0.3) is 10.2 Å². The van der Waals surface area contributed by atoms with E-state index < -0.39 is 10.1 Å². The van der Waals surface area contributed by atoms with Crippen LogP contribution in [0, 0.1) is 3.95 Å². The molecule has 0 bridgehead atoms. The lowest BCUT2D eigenvalue weighted by atomic mass is 10.3. The molecule has 4 nitrogen and oxygen atoms in total. The van der Waals surface area contributed by atoms with Gasteiger partial charge in [0.15, 0.2) is 3.95 Å². The summed E-state index contributed by atoms with van der Waals surface area (Å²) in [4.78, 5) is 2.78. The van der Waals surface area contributed by atoms with Crippen molar-refractivity contribution in [3.05, 3.63) is 22.2 Å². The van der Waals surface area contributed by atoms with Crippen molar-refractivity contribution in [3.63, 3.8) is 0 Å². The Kier molecular flexibility index (Phi) is 2.18. The van der Waals surface area contributed by atoms with Gasteiger partial charge in [0.05, 0.1) is 15.1 Å². The third kappa shape index (κ3) is 1.71. The van der Waals surface area contributed by atoms with E-state index in [9.17, 15) is 8.42 Å². The Morgan fingerprint density at radius 1 is 1.43 bits per heavy atom. The van der Waals surface area contributed by atoms with Gasteiger partial charge in [-0.2, -0.15) is 8.42 Å². The van der Waals surface area contributed by atoms with Crippen molar-refractivity contribution in [2.45, 2.75) is 4.90 Å². The lowest BCUT2D eigenvalue weighted by Crippen LogP contribution is -1.96. The van der Waals surface area contributed by atoms with Crippen molar-refractivity contribution in [1.29, 1.82) is 0 Å². The van der Waals surface area contributed by atoms with E-state index in [1.54, 1.807) is 6.07 Å². The van der Waals surface area contributed by atoms with Gasteiger partial charge in [0.1, 0.15) is 0 Å². The second-order valence-corrected chi connectivity index (χ2v) is 5.79. The number of nitrogens with one attached hydrogen (secondary N) is 1. The van der Waals surface area contributed by atoms with Crippen LogP contribution < -0.4 is 0 Å². The molecule has 14 heavy (non-hydrogen) atoms. The summed E-state index contributed by atoms with van der Waals surface area (Å²) in [6, 6.07) is 4.29. The topological polar surface area (TPSA) is 70.2 Å². The Labute approximate surface area is 89.0 Å². The molecular weight excluding hydrogens is 242 g/mol. The van der Waals surface area contributed by atoms with E-state index in [0.717, 1.165) is 5.52 Å². The van der Waals surface area contributed by atoms with Gasteiger partial charge in [0, 0.05) is 0 Å². The molecule has 1 aromatic carbocycles. The summed E-state index contributed by atoms with van der Waals surface area (Å²) in [6.45, 7) is 0. The van der Waals surface area contributed by atoms with Gasteiger partial charge in [-0.1, -0.05) is 0 Å². The zero-order valence-electron chi connectivity index (χ0n) is 6.72. The molecule has 0 radical (unpaired) electrons. The van der Waals surface area contributed by atoms with Gasteiger partial charge in [-0.3, -0.25) is 4.55 Å².